The number of benzene rings is 1. The lowest BCUT2D eigenvalue weighted by atomic mass is 9.55. The van der Waals surface area contributed by atoms with Crippen LogP contribution in [0.15, 0.2) is 36.0 Å². The van der Waals surface area contributed by atoms with E-state index >= 15 is 0 Å². The maximum Gasteiger partial charge on any atom is 0.311 e. The monoisotopic (exact) mass is 438 g/mol. The van der Waals surface area contributed by atoms with Crippen molar-refractivity contribution in [2.45, 2.75) is 51.7 Å². The fourth-order valence-corrected chi connectivity index (χ4v) is 6.27. The summed E-state index contributed by atoms with van der Waals surface area (Å²) in [5, 5.41) is 16.1. The highest BCUT2D eigenvalue weighted by atomic mass is 16.6. The lowest BCUT2D eigenvalue weighted by molar-refractivity contribution is -0.144. The number of fused-ring (bicyclic) bond motifs is 3. The fraction of sp³-hybridized carbons (Fsp3) is 0.577. The van der Waals surface area contributed by atoms with Crippen molar-refractivity contribution in [1.29, 1.82) is 0 Å². The molecule has 172 valence electrons. The number of rotatable bonds is 6. The second-order valence-electron chi connectivity index (χ2n) is 9.98. The van der Waals surface area contributed by atoms with Crippen LogP contribution in [0.3, 0.4) is 0 Å². The third kappa shape index (κ3) is 3.35. The van der Waals surface area contributed by atoms with E-state index in [1.54, 1.807) is 7.11 Å². The van der Waals surface area contributed by atoms with Crippen molar-refractivity contribution in [1.82, 2.24) is 10.3 Å². The van der Waals surface area contributed by atoms with Gasteiger partial charge in [0.05, 0.1) is 19.1 Å². The number of aliphatic hydroxyl groups excluding tert-OH is 1. The van der Waals surface area contributed by atoms with Crippen LogP contribution < -0.4 is 10.1 Å². The van der Waals surface area contributed by atoms with E-state index < -0.39 is 6.10 Å². The molecule has 5 rings (SSSR count). The summed E-state index contributed by atoms with van der Waals surface area (Å²) in [4.78, 5) is 16.0. The minimum absolute atomic E-state index is 0.143. The van der Waals surface area contributed by atoms with Gasteiger partial charge < -0.3 is 24.9 Å². The summed E-state index contributed by atoms with van der Waals surface area (Å²) in [6, 6.07) is 6.03. The first-order valence-electron chi connectivity index (χ1n) is 11.9. The molecule has 32 heavy (non-hydrogen) atoms. The molecule has 0 amide bonds. The van der Waals surface area contributed by atoms with Gasteiger partial charge in [-0.15, -0.1) is 0 Å². The van der Waals surface area contributed by atoms with E-state index in [9.17, 15) is 9.90 Å². The molecule has 1 aliphatic heterocycles. The van der Waals surface area contributed by atoms with Gasteiger partial charge in [0.25, 0.3) is 0 Å². The zero-order valence-electron chi connectivity index (χ0n) is 19.2. The highest BCUT2D eigenvalue weighted by Crippen LogP contribution is 2.55. The molecule has 2 fully saturated rings. The molecule has 3 N–H and O–H groups in total. The number of aromatic amines is 1. The number of ether oxygens (including phenoxy) is 2. The average molecular weight is 439 g/mol. The Morgan fingerprint density at radius 1 is 1.38 bits per heavy atom. The van der Waals surface area contributed by atoms with E-state index in [2.05, 4.69) is 36.3 Å². The normalized spacial score (nSPS) is 34.1. The summed E-state index contributed by atoms with van der Waals surface area (Å²) in [5.74, 6) is 0.636. The summed E-state index contributed by atoms with van der Waals surface area (Å²) in [7, 11) is 1.68. The molecule has 2 heterocycles. The highest BCUT2D eigenvalue weighted by Gasteiger charge is 2.59. The second-order valence-corrected chi connectivity index (χ2v) is 9.98. The van der Waals surface area contributed by atoms with Crippen LogP contribution in [-0.2, 0) is 16.0 Å². The Morgan fingerprint density at radius 3 is 3.03 bits per heavy atom. The predicted molar refractivity (Wildman–Crippen MR) is 123 cm³/mol. The van der Waals surface area contributed by atoms with Gasteiger partial charge in [0, 0.05) is 41.4 Å². The van der Waals surface area contributed by atoms with Crippen LogP contribution >= 0.6 is 0 Å². The molecule has 2 aromatic rings. The molecule has 1 aromatic carbocycles. The summed E-state index contributed by atoms with van der Waals surface area (Å²) in [6.07, 6.45) is 7.30. The highest BCUT2D eigenvalue weighted by molar-refractivity contribution is 5.84. The molecule has 6 nitrogen and oxygen atoms in total. The Balaban J connectivity index is 1.25. The van der Waals surface area contributed by atoms with E-state index in [1.165, 1.54) is 11.1 Å². The third-order valence-corrected chi connectivity index (χ3v) is 8.48. The largest absolute Gasteiger partial charge is 0.497 e. The maximum atomic E-state index is 12.7. The molecule has 3 aliphatic rings. The summed E-state index contributed by atoms with van der Waals surface area (Å²) in [5.41, 5.74) is 3.33. The SMILES string of the molecule is COc1ccc2[nH]cc(CCNCC3C(=O)O[C@@H]4CC5=CCCC(C)[C@@]5(C)C(O)[C@H]34)c2c1. The van der Waals surface area contributed by atoms with E-state index in [4.69, 9.17) is 9.47 Å². The molecule has 0 spiro atoms. The van der Waals surface area contributed by atoms with Gasteiger partial charge in [-0.3, -0.25) is 4.79 Å². The molecule has 6 atom stereocenters. The van der Waals surface area contributed by atoms with E-state index in [-0.39, 0.29) is 29.3 Å². The third-order valence-electron chi connectivity index (χ3n) is 8.48. The Morgan fingerprint density at radius 2 is 2.22 bits per heavy atom. The minimum atomic E-state index is -0.554. The quantitative estimate of drug-likeness (QED) is 0.365. The van der Waals surface area contributed by atoms with Gasteiger partial charge in [-0.25, -0.2) is 0 Å². The first-order valence-corrected chi connectivity index (χ1v) is 11.9. The zero-order valence-corrected chi connectivity index (χ0v) is 19.2. The Bertz CT molecular complexity index is 1040. The molecule has 1 saturated carbocycles. The minimum Gasteiger partial charge on any atom is -0.497 e. The number of methoxy groups -OCH3 is 1. The van der Waals surface area contributed by atoms with Gasteiger partial charge in [-0.1, -0.05) is 25.5 Å². The van der Waals surface area contributed by atoms with Crippen molar-refractivity contribution in [3.8, 4) is 5.75 Å². The van der Waals surface area contributed by atoms with Crippen LogP contribution in [0.25, 0.3) is 10.9 Å². The van der Waals surface area contributed by atoms with Crippen molar-refractivity contribution >= 4 is 16.9 Å². The van der Waals surface area contributed by atoms with Crippen LogP contribution in [-0.4, -0.2) is 48.5 Å². The van der Waals surface area contributed by atoms with Crippen molar-refractivity contribution in [3.63, 3.8) is 0 Å². The van der Waals surface area contributed by atoms with E-state index in [1.807, 2.05) is 18.3 Å². The Hall–Kier alpha value is -2.31. The molecular weight excluding hydrogens is 404 g/mol. The molecule has 3 unspecified atom stereocenters. The van der Waals surface area contributed by atoms with Gasteiger partial charge in [0.2, 0.25) is 0 Å². The van der Waals surface area contributed by atoms with Crippen molar-refractivity contribution in [3.05, 3.63) is 41.6 Å². The van der Waals surface area contributed by atoms with Crippen molar-refractivity contribution < 1.29 is 19.4 Å². The summed E-state index contributed by atoms with van der Waals surface area (Å²) >= 11 is 0. The van der Waals surface area contributed by atoms with Crippen LogP contribution in [0.1, 0.15) is 38.7 Å². The van der Waals surface area contributed by atoms with Crippen molar-refractivity contribution in [2.75, 3.05) is 20.2 Å². The zero-order chi connectivity index (χ0) is 22.5. The molecular formula is C26H34N2O4. The van der Waals surface area contributed by atoms with Crippen molar-refractivity contribution in [2.24, 2.45) is 23.2 Å². The number of carbonyl (C=O) groups excluding carboxylic acids is 1. The number of H-pyrrole nitrogens is 1. The summed E-state index contributed by atoms with van der Waals surface area (Å²) in [6.45, 7) is 5.70. The molecule has 2 aliphatic carbocycles. The smallest absolute Gasteiger partial charge is 0.311 e. The molecule has 1 saturated heterocycles. The van der Waals surface area contributed by atoms with Crippen LogP contribution in [0.5, 0.6) is 5.75 Å². The average Bonchev–Trinajstić information content (AvgIpc) is 3.33. The van der Waals surface area contributed by atoms with Gasteiger partial charge in [-0.05, 0) is 55.5 Å². The lowest BCUT2D eigenvalue weighted by Crippen LogP contribution is -2.54. The number of hydrogen-bond donors (Lipinski definition) is 3. The van der Waals surface area contributed by atoms with Crippen LogP contribution in [0.2, 0.25) is 0 Å². The van der Waals surface area contributed by atoms with Crippen LogP contribution in [0.4, 0.5) is 0 Å². The number of esters is 1. The van der Waals surface area contributed by atoms with E-state index in [0.717, 1.165) is 48.9 Å². The van der Waals surface area contributed by atoms with Gasteiger partial charge in [0.15, 0.2) is 0 Å². The molecule has 0 radical (unpaired) electrons. The number of aromatic nitrogens is 1. The second kappa shape index (κ2) is 8.23. The maximum absolute atomic E-state index is 12.7. The first-order chi connectivity index (χ1) is 15.4. The standard InChI is InChI=1S/C26H34N2O4/c1-15-5-4-6-17-11-22-23(24(29)26(15,17)2)20(25(30)32-22)14-27-10-9-16-13-28-21-8-7-18(31-3)12-19(16)21/h6-8,12-13,15,20,22-24,27-29H,4-5,9-11,14H2,1-3H3/t15?,20?,22-,23-,24?,26-/m1/s1. The number of hydrogen-bond acceptors (Lipinski definition) is 5. The number of carbonyl (C=O) groups is 1. The van der Waals surface area contributed by atoms with Gasteiger partial charge in [-0.2, -0.15) is 0 Å². The van der Waals surface area contributed by atoms with Crippen LogP contribution in [0, 0.1) is 23.2 Å². The van der Waals surface area contributed by atoms with E-state index in [0.29, 0.717) is 12.5 Å². The van der Waals surface area contributed by atoms with Gasteiger partial charge in [0.1, 0.15) is 11.9 Å². The fourth-order valence-electron chi connectivity index (χ4n) is 6.27. The Kier molecular flexibility index (Phi) is 5.54. The predicted octanol–water partition coefficient (Wildman–Crippen LogP) is 3.59. The summed E-state index contributed by atoms with van der Waals surface area (Å²) < 4.78 is 11.1. The number of nitrogens with one attached hydrogen (secondary N) is 2. The molecule has 6 heteroatoms. The topological polar surface area (TPSA) is 83.6 Å². The number of aliphatic hydroxyl groups is 1. The molecule has 1 aromatic heterocycles. The van der Waals surface area contributed by atoms with Gasteiger partial charge >= 0.3 is 5.97 Å². The Labute approximate surface area is 189 Å². The number of allylic oxidation sites excluding steroid dienone is 1. The first kappa shape index (κ1) is 21.5. The molecule has 0 bridgehead atoms. The lowest BCUT2D eigenvalue weighted by Gasteiger charge is -2.51.